The molecular formula is C25H31N3O3S. The van der Waals surface area contributed by atoms with Gasteiger partial charge in [-0.25, -0.2) is 9.48 Å². The van der Waals surface area contributed by atoms with Crippen LogP contribution in [0.2, 0.25) is 0 Å². The van der Waals surface area contributed by atoms with Crippen molar-refractivity contribution in [3.05, 3.63) is 41.6 Å². The second-order valence-corrected chi connectivity index (χ2v) is 10.8. The van der Waals surface area contributed by atoms with Gasteiger partial charge in [-0.05, 0) is 98.6 Å². The highest BCUT2D eigenvalue weighted by atomic mass is 32.2. The second kappa shape index (κ2) is 8.93. The fourth-order valence-electron chi connectivity index (χ4n) is 6.28. The van der Waals surface area contributed by atoms with Gasteiger partial charge in [-0.2, -0.15) is 5.10 Å². The summed E-state index contributed by atoms with van der Waals surface area (Å²) in [5.41, 5.74) is 1.62. The van der Waals surface area contributed by atoms with Gasteiger partial charge in [0.2, 0.25) is 0 Å². The van der Waals surface area contributed by atoms with Crippen molar-refractivity contribution in [3.8, 4) is 5.69 Å². The number of fused-ring (bicyclic) bond motifs is 2. The molecule has 7 heteroatoms. The first-order valence-electron chi connectivity index (χ1n) is 11.9. The molecule has 32 heavy (non-hydrogen) atoms. The molecule has 6 nitrogen and oxygen atoms in total. The Morgan fingerprint density at radius 1 is 1.12 bits per heavy atom. The van der Waals surface area contributed by atoms with Gasteiger partial charge in [-0.3, -0.25) is 4.79 Å². The molecular weight excluding hydrogens is 422 g/mol. The number of thioether (sulfide) groups is 1. The molecule has 0 radical (unpaired) electrons. The maximum Gasteiger partial charge on any atom is 0.335 e. The van der Waals surface area contributed by atoms with E-state index in [-0.39, 0.29) is 17.5 Å². The first-order valence-corrected chi connectivity index (χ1v) is 12.9. The van der Waals surface area contributed by atoms with E-state index in [4.69, 9.17) is 0 Å². The van der Waals surface area contributed by atoms with E-state index in [2.05, 4.69) is 17.3 Å². The number of hydrogen-bond acceptors (Lipinski definition) is 4. The lowest BCUT2D eigenvalue weighted by Gasteiger charge is -2.27. The van der Waals surface area contributed by atoms with E-state index in [1.807, 2.05) is 0 Å². The molecule has 1 aromatic carbocycles. The summed E-state index contributed by atoms with van der Waals surface area (Å²) in [6.07, 6.45) is 10.4. The van der Waals surface area contributed by atoms with Gasteiger partial charge in [-0.1, -0.05) is 6.92 Å². The van der Waals surface area contributed by atoms with Gasteiger partial charge in [-0.15, -0.1) is 11.8 Å². The predicted molar refractivity (Wildman–Crippen MR) is 124 cm³/mol. The Hall–Kier alpha value is -2.28. The minimum atomic E-state index is -0.955. The Kier molecular flexibility index (Phi) is 6.01. The lowest BCUT2D eigenvalue weighted by molar-refractivity contribution is 0.0696. The maximum absolute atomic E-state index is 13.4. The molecule has 2 N–H and O–H groups in total. The van der Waals surface area contributed by atoms with E-state index in [9.17, 15) is 14.7 Å². The minimum Gasteiger partial charge on any atom is -0.478 e. The third-order valence-electron chi connectivity index (χ3n) is 7.64. The number of amides is 1. The van der Waals surface area contributed by atoms with Crippen molar-refractivity contribution >= 4 is 23.6 Å². The number of aromatic carboxylic acids is 1. The van der Waals surface area contributed by atoms with E-state index < -0.39 is 5.97 Å². The summed E-state index contributed by atoms with van der Waals surface area (Å²) in [7, 11) is 0. The monoisotopic (exact) mass is 453 g/mol. The van der Waals surface area contributed by atoms with E-state index in [0.717, 1.165) is 47.1 Å². The average Bonchev–Trinajstić information content (AvgIpc) is 3.31. The Morgan fingerprint density at radius 3 is 2.66 bits per heavy atom. The Labute approximate surface area is 193 Å². The van der Waals surface area contributed by atoms with Gasteiger partial charge in [0.15, 0.2) is 0 Å². The standard InChI is InChI=1S/C25H31N3O3S/c1-2-9-32-24-21(14-26-28(24)19-6-4-17(5-7-19)25(30)31)23(29)27-22-8-3-15-10-16-12-18(11-15)20(22)13-16/h4-7,14-16,18,20,22H,2-3,8-13H2,1H3,(H,27,29)(H,30,31)/t15-,16-,18?,20+,22?/m1/s1. The zero-order chi connectivity index (χ0) is 22.2. The van der Waals surface area contributed by atoms with Crippen LogP contribution in [0.3, 0.4) is 0 Å². The number of carboxylic acids is 1. The summed E-state index contributed by atoms with van der Waals surface area (Å²) < 4.78 is 1.77. The highest BCUT2D eigenvalue weighted by molar-refractivity contribution is 7.99. The number of nitrogens with zero attached hydrogens (tertiary/aromatic N) is 2. The van der Waals surface area contributed by atoms with Crippen LogP contribution in [0, 0.1) is 23.7 Å². The van der Waals surface area contributed by atoms with E-state index >= 15 is 0 Å². The SMILES string of the molecule is CCCSc1c(C(=O)NC2CC[C@H]3CC4C[C@@H](C3)C[C@@H]42)cnn1-c1ccc(C(=O)O)cc1. The number of carboxylic acid groups (broad SMARTS) is 1. The number of carbonyl (C=O) groups is 2. The summed E-state index contributed by atoms with van der Waals surface area (Å²) in [5, 5.41) is 17.9. The molecule has 3 aliphatic carbocycles. The van der Waals surface area contributed by atoms with Gasteiger partial charge in [0, 0.05) is 6.04 Å². The highest BCUT2D eigenvalue weighted by Crippen LogP contribution is 2.53. The van der Waals surface area contributed by atoms with Crippen LogP contribution in [0.15, 0.2) is 35.5 Å². The van der Waals surface area contributed by atoms with Crippen molar-refractivity contribution in [2.75, 3.05) is 5.75 Å². The molecule has 3 fully saturated rings. The number of benzene rings is 1. The molecule has 1 heterocycles. The first kappa shape index (κ1) is 21.6. The number of hydrogen-bond donors (Lipinski definition) is 2. The van der Waals surface area contributed by atoms with Gasteiger partial charge < -0.3 is 10.4 Å². The van der Waals surface area contributed by atoms with Gasteiger partial charge >= 0.3 is 5.97 Å². The molecule has 1 amide bonds. The molecule has 0 spiro atoms. The lowest BCUT2D eigenvalue weighted by atomic mass is 9.80. The number of aromatic nitrogens is 2. The molecule has 5 rings (SSSR count). The van der Waals surface area contributed by atoms with Crippen LogP contribution in [-0.2, 0) is 0 Å². The van der Waals surface area contributed by atoms with Gasteiger partial charge in [0.1, 0.15) is 5.03 Å². The van der Waals surface area contributed by atoms with Crippen molar-refractivity contribution in [1.82, 2.24) is 15.1 Å². The van der Waals surface area contributed by atoms with Crippen molar-refractivity contribution in [1.29, 1.82) is 0 Å². The average molecular weight is 454 g/mol. The zero-order valence-corrected chi connectivity index (χ0v) is 19.3. The van der Waals surface area contributed by atoms with Crippen LogP contribution in [0.25, 0.3) is 5.69 Å². The molecule has 0 saturated heterocycles. The maximum atomic E-state index is 13.4. The fraction of sp³-hybridized carbons (Fsp3) is 0.560. The first-order chi connectivity index (χ1) is 15.5. The summed E-state index contributed by atoms with van der Waals surface area (Å²) in [6, 6.07) is 6.91. The van der Waals surface area contributed by atoms with Crippen LogP contribution in [0.5, 0.6) is 0 Å². The molecule has 1 aromatic heterocycles. The normalized spacial score (nSPS) is 28.5. The second-order valence-electron chi connectivity index (χ2n) is 9.73. The quantitative estimate of drug-likeness (QED) is 0.575. The van der Waals surface area contributed by atoms with Crippen molar-refractivity contribution < 1.29 is 14.7 Å². The minimum absolute atomic E-state index is 0.0248. The topological polar surface area (TPSA) is 84.2 Å². The molecule has 2 unspecified atom stereocenters. The molecule has 3 bridgehead atoms. The number of nitrogens with one attached hydrogen (secondary N) is 1. The Balaban J connectivity index is 1.39. The third-order valence-corrected chi connectivity index (χ3v) is 8.92. The van der Waals surface area contributed by atoms with Crippen LogP contribution < -0.4 is 5.32 Å². The van der Waals surface area contributed by atoms with Crippen LogP contribution >= 0.6 is 11.8 Å². The highest BCUT2D eigenvalue weighted by Gasteiger charge is 2.46. The van der Waals surface area contributed by atoms with Crippen LogP contribution in [0.1, 0.15) is 72.6 Å². The molecule has 3 aliphatic rings. The molecule has 0 aliphatic heterocycles. The third kappa shape index (κ3) is 4.07. The van der Waals surface area contributed by atoms with Crippen molar-refractivity contribution in [3.63, 3.8) is 0 Å². The Bertz CT molecular complexity index is 1000. The largest absolute Gasteiger partial charge is 0.478 e. The van der Waals surface area contributed by atoms with E-state index in [1.165, 1.54) is 32.1 Å². The van der Waals surface area contributed by atoms with Crippen LogP contribution in [0.4, 0.5) is 0 Å². The summed E-state index contributed by atoms with van der Waals surface area (Å²) in [4.78, 5) is 24.6. The van der Waals surface area contributed by atoms with Crippen molar-refractivity contribution in [2.24, 2.45) is 23.7 Å². The summed E-state index contributed by atoms with van der Waals surface area (Å²) in [6.45, 7) is 2.12. The van der Waals surface area contributed by atoms with Crippen molar-refractivity contribution in [2.45, 2.75) is 62.9 Å². The molecule has 2 aromatic rings. The lowest BCUT2D eigenvalue weighted by Crippen LogP contribution is -2.41. The predicted octanol–water partition coefficient (Wildman–Crippen LogP) is 5.02. The summed E-state index contributed by atoms with van der Waals surface area (Å²) in [5.74, 6) is 3.05. The zero-order valence-electron chi connectivity index (χ0n) is 18.5. The smallest absolute Gasteiger partial charge is 0.335 e. The molecule has 3 saturated carbocycles. The van der Waals surface area contributed by atoms with E-state index in [0.29, 0.717) is 11.5 Å². The van der Waals surface area contributed by atoms with Crippen LogP contribution in [-0.4, -0.2) is 38.6 Å². The van der Waals surface area contributed by atoms with E-state index in [1.54, 1.807) is 46.9 Å². The number of carbonyl (C=O) groups excluding carboxylic acids is 1. The van der Waals surface area contributed by atoms with Gasteiger partial charge in [0.05, 0.1) is 23.0 Å². The molecule has 170 valence electrons. The molecule has 5 atom stereocenters. The Morgan fingerprint density at radius 2 is 1.91 bits per heavy atom. The fourth-order valence-corrected chi connectivity index (χ4v) is 7.25. The summed E-state index contributed by atoms with van der Waals surface area (Å²) >= 11 is 1.63. The number of rotatable bonds is 7. The van der Waals surface area contributed by atoms with Gasteiger partial charge in [0.25, 0.3) is 5.91 Å².